The van der Waals surface area contributed by atoms with E-state index in [9.17, 15) is 4.79 Å². The van der Waals surface area contributed by atoms with Crippen molar-refractivity contribution in [3.8, 4) is 0 Å². The topological polar surface area (TPSA) is 52.3 Å². The molecule has 0 fully saturated rings. The van der Waals surface area contributed by atoms with Crippen LogP contribution in [0.1, 0.15) is 19.8 Å². The summed E-state index contributed by atoms with van der Waals surface area (Å²) >= 11 is 0. The summed E-state index contributed by atoms with van der Waals surface area (Å²) in [6.07, 6.45) is 5.26. The van der Waals surface area contributed by atoms with E-state index in [2.05, 4.69) is 0 Å². The molecule has 1 aliphatic carbocycles. The Balaban J connectivity index is 2.29. The fourth-order valence-corrected chi connectivity index (χ4v) is 1.21. The van der Waals surface area contributed by atoms with E-state index in [1.807, 2.05) is 19.1 Å². The van der Waals surface area contributed by atoms with Crippen LogP contribution in [0.4, 0.5) is 0 Å². The van der Waals surface area contributed by atoms with Crippen molar-refractivity contribution in [1.82, 2.24) is 0 Å². The zero-order valence-corrected chi connectivity index (χ0v) is 7.32. The van der Waals surface area contributed by atoms with Crippen LogP contribution < -0.4 is 5.73 Å². The molecule has 0 spiro atoms. The molecule has 0 radical (unpaired) electrons. The lowest BCUT2D eigenvalue weighted by atomic mass is 10.1. The van der Waals surface area contributed by atoms with Crippen LogP contribution in [0.5, 0.6) is 0 Å². The van der Waals surface area contributed by atoms with Gasteiger partial charge in [0.1, 0.15) is 0 Å². The van der Waals surface area contributed by atoms with Gasteiger partial charge in [-0.25, -0.2) is 0 Å². The van der Waals surface area contributed by atoms with E-state index in [4.69, 9.17) is 10.5 Å². The van der Waals surface area contributed by atoms with Crippen molar-refractivity contribution < 1.29 is 9.53 Å². The summed E-state index contributed by atoms with van der Waals surface area (Å²) < 4.78 is 4.98. The second kappa shape index (κ2) is 4.26. The Hall–Kier alpha value is -0.830. The third kappa shape index (κ3) is 2.34. The Kier molecular flexibility index (Phi) is 3.29. The maximum Gasteiger partial charge on any atom is 0.312 e. The van der Waals surface area contributed by atoms with Crippen LogP contribution in [0.2, 0.25) is 0 Å². The lowest BCUT2D eigenvalue weighted by molar-refractivity contribution is -0.146. The third-order valence-electron chi connectivity index (χ3n) is 1.87. The molecule has 0 bridgehead atoms. The summed E-state index contributed by atoms with van der Waals surface area (Å²) in [5, 5.41) is 0. The van der Waals surface area contributed by atoms with Gasteiger partial charge in [-0.1, -0.05) is 19.1 Å². The summed E-state index contributed by atoms with van der Waals surface area (Å²) in [6, 6.07) is 0.0316. The quantitative estimate of drug-likeness (QED) is 0.503. The summed E-state index contributed by atoms with van der Waals surface area (Å²) in [4.78, 5) is 11.2. The molecule has 1 aliphatic rings. The molecule has 0 aromatic carbocycles. The van der Waals surface area contributed by atoms with Crippen LogP contribution in [-0.2, 0) is 9.53 Å². The van der Waals surface area contributed by atoms with Gasteiger partial charge < -0.3 is 10.5 Å². The van der Waals surface area contributed by atoms with E-state index < -0.39 is 0 Å². The second-order valence-electron chi connectivity index (χ2n) is 3.06. The van der Waals surface area contributed by atoms with E-state index in [1.54, 1.807) is 0 Å². The normalized spacial score (nSPS) is 27.5. The lowest BCUT2D eigenvalue weighted by Crippen LogP contribution is -2.20. The van der Waals surface area contributed by atoms with Crippen molar-refractivity contribution in [3.05, 3.63) is 12.2 Å². The van der Waals surface area contributed by atoms with Gasteiger partial charge in [0.2, 0.25) is 0 Å². The number of hydrogen-bond donors (Lipinski definition) is 1. The average Bonchev–Trinajstić information content (AvgIpc) is 2.47. The SMILES string of the molecule is CCCOC(=O)C1C=CC(N)C1. The van der Waals surface area contributed by atoms with Gasteiger partial charge in [0, 0.05) is 6.04 Å². The largest absolute Gasteiger partial charge is 0.465 e. The van der Waals surface area contributed by atoms with Crippen molar-refractivity contribution in [2.75, 3.05) is 6.61 Å². The highest BCUT2D eigenvalue weighted by molar-refractivity contribution is 5.75. The van der Waals surface area contributed by atoms with Crippen LogP contribution in [0, 0.1) is 5.92 Å². The van der Waals surface area contributed by atoms with Crippen molar-refractivity contribution >= 4 is 5.97 Å². The first-order valence-electron chi connectivity index (χ1n) is 4.34. The molecule has 0 saturated carbocycles. The summed E-state index contributed by atoms with van der Waals surface area (Å²) in [7, 11) is 0. The molecule has 68 valence electrons. The first-order valence-corrected chi connectivity index (χ1v) is 4.34. The third-order valence-corrected chi connectivity index (χ3v) is 1.87. The highest BCUT2D eigenvalue weighted by Crippen LogP contribution is 2.17. The second-order valence-corrected chi connectivity index (χ2v) is 3.06. The van der Waals surface area contributed by atoms with Crippen LogP contribution in [0.3, 0.4) is 0 Å². The van der Waals surface area contributed by atoms with Gasteiger partial charge in [-0.15, -0.1) is 0 Å². The Morgan fingerprint density at radius 2 is 2.42 bits per heavy atom. The van der Waals surface area contributed by atoms with E-state index in [0.29, 0.717) is 13.0 Å². The number of hydrogen-bond acceptors (Lipinski definition) is 3. The van der Waals surface area contributed by atoms with Crippen LogP contribution in [0.15, 0.2) is 12.2 Å². The maximum absolute atomic E-state index is 11.2. The molecular weight excluding hydrogens is 154 g/mol. The first-order chi connectivity index (χ1) is 5.74. The average molecular weight is 169 g/mol. The zero-order chi connectivity index (χ0) is 8.97. The van der Waals surface area contributed by atoms with Gasteiger partial charge in [0.05, 0.1) is 12.5 Å². The molecule has 0 aromatic heterocycles. The van der Waals surface area contributed by atoms with Crippen molar-refractivity contribution in [2.45, 2.75) is 25.8 Å². The van der Waals surface area contributed by atoms with Gasteiger partial charge in [-0.3, -0.25) is 4.79 Å². The minimum absolute atomic E-state index is 0.0316. The minimum Gasteiger partial charge on any atom is -0.465 e. The van der Waals surface area contributed by atoms with Crippen LogP contribution >= 0.6 is 0 Å². The van der Waals surface area contributed by atoms with E-state index >= 15 is 0 Å². The fraction of sp³-hybridized carbons (Fsp3) is 0.667. The van der Waals surface area contributed by atoms with Gasteiger partial charge in [-0.05, 0) is 12.8 Å². The number of ether oxygens (including phenoxy) is 1. The van der Waals surface area contributed by atoms with Gasteiger partial charge in [0.25, 0.3) is 0 Å². The lowest BCUT2D eigenvalue weighted by Gasteiger charge is -2.08. The van der Waals surface area contributed by atoms with Crippen LogP contribution in [0.25, 0.3) is 0 Å². The molecule has 2 N–H and O–H groups in total. The fourth-order valence-electron chi connectivity index (χ4n) is 1.21. The highest BCUT2D eigenvalue weighted by Gasteiger charge is 2.23. The molecule has 2 unspecified atom stereocenters. The predicted molar refractivity (Wildman–Crippen MR) is 46.5 cm³/mol. The molecule has 0 heterocycles. The van der Waals surface area contributed by atoms with Crippen molar-refractivity contribution in [3.63, 3.8) is 0 Å². The first kappa shape index (κ1) is 9.26. The van der Waals surface area contributed by atoms with E-state index in [0.717, 1.165) is 6.42 Å². The number of esters is 1. The summed E-state index contributed by atoms with van der Waals surface area (Å²) in [5.74, 6) is -0.243. The van der Waals surface area contributed by atoms with Crippen LogP contribution in [-0.4, -0.2) is 18.6 Å². The number of nitrogens with two attached hydrogens (primary N) is 1. The Morgan fingerprint density at radius 1 is 1.67 bits per heavy atom. The molecule has 0 saturated heterocycles. The molecule has 1 rings (SSSR count). The minimum atomic E-state index is -0.138. The monoisotopic (exact) mass is 169 g/mol. The summed E-state index contributed by atoms with van der Waals surface area (Å²) in [6.45, 7) is 2.49. The molecule has 0 aliphatic heterocycles. The number of rotatable bonds is 3. The van der Waals surface area contributed by atoms with Gasteiger partial charge in [-0.2, -0.15) is 0 Å². The molecule has 2 atom stereocenters. The smallest absolute Gasteiger partial charge is 0.312 e. The van der Waals surface area contributed by atoms with Gasteiger partial charge in [0.15, 0.2) is 0 Å². The Morgan fingerprint density at radius 3 is 2.92 bits per heavy atom. The number of carbonyl (C=O) groups excluding carboxylic acids is 1. The molecular formula is C9H15NO2. The zero-order valence-electron chi connectivity index (χ0n) is 7.32. The molecule has 3 nitrogen and oxygen atoms in total. The molecule has 0 amide bonds. The van der Waals surface area contributed by atoms with E-state index in [-0.39, 0.29) is 17.9 Å². The molecule has 12 heavy (non-hydrogen) atoms. The van der Waals surface area contributed by atoms with Crippen molar-refractivity contribution in [1.29, 1.82) is 0 Å². The number of carbonyl (C=O) groups is 1. The molecule has 3 heteroatoms. The predicted octanol–water partition coefficient (Wildman–Crippen LogP) is 0.843. The standard InChI is InChI=1S/C9H15NO2/c1-2-5-12-9(11)7-3-4-8(10)6-7/h3-4,7-8H,2,5-6,10H2,1H3. The van der Waals surface area contributed by atoms with E-state index in [1.165, 1.54) is 0 Å². The summed E-state index contributed by atoms with van der Waals surface area (Å²) in [5.41, 5.74) is 5.60. The maximum atomic E-state index is 11.2. The highest BCUT2D eigenvalue weighted by atomic mass is 16.5. The molecule has 0 aromatic rings. The van der Waals surface area contributed by atoms with Gasteiger partial charge >= 0.3 is 5.97 Å². The Labute approximate surface area is 72.6 Å². The van der Waals surface area contributed by atoms with Crippen molar-refractivity contribution in [2.24, 2.45) is 11.7 Å². The Bertz CT molecular complexity index is 189.